The number of rotatable bonds is 2. The highest BCUT2D eigenvalue weighted by Gasteiger charge is 2.17. The van der Waals surface area contributed by atoms with Crippen LogP contribution in [0.4, 0.5) is 5.69 Å². The maximum Gasteiger partial charge on any atom is 0.204 e. The molecule has 94 valence electrons. The third kappa shape index (κ3) is 2.57. The molecular formula is C12H8BrCl2NOS. The Kier molecular flexibility index (Phi) is 4.02. The first-order valence-corrected chi connectivity index (χ1v) is 7.32. The molecule has 0 fully saturated rings. The van der Waals surface area contributed by atoms with Gasteiger partial charge in [-0.2, -0.15) is 0 Å². The molecule has 2 rings (SSSR count). The zero-order valence-corrected chi connectivity index (χ0v) is 13.2. The quantitative estimate of drug-likeness (QED) is 0.605. The van der Waals surface area contributed by atoms with Crippen LogP contribution in [-0.2, 0) is 0 Å². The second-order valence-electron chi connectivity index (χ2n) is 3.72. The number of anilines is 1. The van der Waals surface area contributed by atoms with Crippen molar-refractivity contribution in [1.29, 1.82) is 0 Å². The van der Waals surface area contributed by atoms with Crippen molar-refractivity contribution in [3.05, 3.63) is 48.0 Å². The lowest BCUT2D eigenvalue weighted by molar-refractivity contribution is 0.104. The molecule has 0 spiro atoms. The van der Waals surface area contributed by atoms with Crippen molar-refractivity contribution >= 4 is 61.9 Å². The van der Waals surface area contributed by atoms with E-state index in [1.165, 1.54) is 23.5 Å². The lowest BCUT2D eigenvalue weighted by atomic mass is 10.1. The third-order valence-electron chi connectivity index (χ3n) is 2.33. The van der Waals surface area contributed by atoms with E-state index in [-0.39, 0.29) is 15.8 Å². The fourth-order valence-corrected chi connectivity index (χ4v) is 3.63. The second-order valence-corrected chi connectivity index (χ2v) is 6.62. The van der Waals surface area contributed by atoms with Gasteiger partial charge in [-0.05, 0) is 41.1 Å². The van der Waals surface area contributed by atoms with Crippen molar-refractivity contribution in [3.8, 4) is 0 Å². The molecule has 1 heterocycles. The molecule has 1 aromatic heterocycles. The van der Waals surface area contributed by atoms with Gasteiger partial charge < -0.3 is 5.73 Å². The van der Waals surface area contributed by atoms with Crippen LogP contribution in [0.1, 0.15) is 20.1 Å². The van der Waals surface area contributed by atoms with Crippen LogP contribution in [0.2, 0.25) is 10.0 Å². The highest BCUT2D eigenvalue weighted by atomic mass is 79.9. The summed E-state index contributed by atoms with van der Waals surface area (Å²) in [4.78, 5) is 14.0. The Hall–Kier alpha value is -0.550. The minimum absolute atomic E-state index is 0.120. The molecule has 0 atom stereocenters. The van der Waals surface area contributed by atoms with Crippen LogP contribution >= 0.6 is 50.5 Å². The number of hydrogen-bond donors (Lipinski definition) is 1. The number of benzene rings is 1. The average molecular weight is 365 g/mol. The highest BCUT2D eigenvalue weighted by molar-refractivity contribution is 9.10. The molecule has 0 saturated carbocycles. The van der Waals surface area contributed by atoms with Crippen LogP contribution in [0.5, 0.6) is 0 Å². The van der Waals surface area contributed by atoms with E-state index in [0.29, 0.717) is 16.1 Å². The minimum atomic E-state index is -0.120. The zero-order valence-electron chi connectivity index (χ0n) is 9.26. The lowest BCUT2D eigenvalue weighted by Gasteiger charge is -2.05. The first-order valence-electron chi connectivity index (χ1n) is 4.95. The number of aryl methyl sites for hydroxylation is 1. The van der Waals surface area contributed by atoms with E-state index in [1.807, 2.05) is 13.0 Å². The Balaban J connectivity index is 2.50. The molecule has 0 radical (unpaired) electrons. The van der Waals surface area contributed by atoms with Gasteiger partial charge in [0, 0.05) is 14.9 Å². The Morgan fingerprint density at radius 2 is 2.00 bits per heavy atom. The Morgan fingerprint density at radius 3 is 2.50 bits per heavy atom. The van der Waals surface area contributed by atoms with Crippen molar-refractivity contribution in [2.24, 2.45) is 0 Å². The molecule has 0 saturated heterocycles. The smallest absolute Gasteiger partial charge is 0.204 e. The lowest BCUT2D eigenvalue weighted by Crippen LogP contribution is -2.01. The first-order chi connectivity index (χ1) is 8.40. The fraction of sp³-hybridized carbons (Fsp3) is 0.0833. The van der Waals surface area contributed by atoms with Crippen LogP contribution < -0.4 is 5.73 Å². The summed E-state index contributed by atoms with van der Waals surface area (Å²) in [6.07, 6.45) is 0. The van der Waals surface area contributed by atoms with Crippen LogP contribution in [0.3, 0.4) is 0 Å². The van der Waals surface area contributed by atoms with E-state index >= 15 is 0 Å². The van der Waals surface area contributed by atoms with Gasteiger partial charge in [-0.3, -0.25) is 4.79 Å². The molecular weight excluding hydrogens is 357 g/mol. The van der Waals surface area contributed by atoms with Gasteiger partial charge in [0.05, 0.1) is 20.6 Å². The molecule has 0 unspecified atom stereocenters. The summed E-state index contributed by atoms with van der Waals surface area (Å²) < 4.78 is 0.777. The normalized spacial score (nSPS) is 10.7. The maximum absolute atomic E-state index is 12.3. The minimum Gasteiger partial charge on any atom is -0.397 e. The summed E-state index contributed by atoms with van der Waals surface area (Å²) >= 11 is 16.6. The van der Waals surface area contributed by atoms with Gasteiger partial charge in [0.1, 0.15) is 0 Å². The summed E-state index contributed by atoms with van der Waals surface area (Å²) in [5, 5.41) is 0.555. The average Bonchev–Trinajstić information content (AvgIpc) is 2.63. The molecule has 2 aromatic rings. The van der Waals surface area contributed by atoms with Crippen LogP contribution in [0.15, 0.2) is 22.7 Å². The van der Waals surface area contributed by atoms with Crippen molar-refractivity contribution in [2.45, 2.75) is 6.92 Å². The van der Waals surface area contributed by atoms with Crippen molar-refractivity contribution in [1.82, 2.24) is 0 Å². The van der Waals surface area contributed by atoms with Gasteiger partial charge in [0.15, 0.2) is 0 Å². The first kappa shape index (κ1) is 13.9. The molecule has 1 aromatic carbocycles. The summed E-state index contributed by atoms with van der Waals surface area (Å²) in [7, 11) is 0. The predicted molar refractivity (Wildman–Crippen MR) is 81.1 cm³/mol. The van der Waals surface area contributed by atoms with E-state index in [2.05, 4.69) is 15.9 Å². The van der Waals surface area contributed by atoms with E-state index in [0.717, 1.165) is 9.35 Å². The Morgan fingerprint density at radius 1 is 1.33 bits per heavy atom. The van der Waals surface area contributed by atoms with E-state index < -0.39 is 0 Å². The number of carbonyl (C=O) groups is 1. The molecule has 0 amide bonds. The molecule has 0 aliphatic heterocycles. The zero-order chi connectivity index (χ0) is 13.4. The fourth-order valence-electron chi connectivity index (χ4n) is 1.51. The van der Waals surface area contributed by atoms with Gasteiger partial charge in [-0.25, -0.2) is 0 Å². The standard InChI is InChI=1S/C12H8BrCl2NOS/c1-5-2-7(13)12(18-5)11(17)6-3-8(14)10(15)9(16)4-6/h2-4H,16H2,1H3. The van der Waals surface area contributed by atoms with Gasteiger partial charge in [-0.15, -0.1) is 11.3 Å². The maximum atomic E-state index is 12.3. The van der Waals surface area contributed by atoms with E-state index in [4.69, 9.17) is 28.9 Å². The second kappa shape index (κ2) is 5.21. The van der Waals surface area contributed by atoms with Gasteiger partial charge in [0.25, 0.3) is 0 Å². The molecule has 0 aliphatic rings. The highest BCUT2D eigenvalue weighted by Crippen LogP contribution is 2.33. The molecule has 18 heavy (non-hydrogen) atoms. The van der Waals surface area contributed by atoms with Crippen LogP contribution in [-0.4, -0.2) is 5.78 Å². The number of carbonyl (C=O) groups excluding carboxylic acids is 1. The van der Waals surface area contributed by atoms with Gasteiger partial charge in [-0.1, -0.05) is 23.2 Å². The number of hydrogen-bond acceptors (Lipinski definition) is 3. The Labute approximate surface area is 127 Å². The molecule has 6 heteroatoms. The monoisotopic (exact) mass is 363 g/mol. The van der Waals surface area contributed by atoms with Crippen molar-refractivity contribution < 1.29 is 4.79 Å². The number of ketones is 1. The largest absolute Gasteiger partial charge is 0.397 e. The van der Waals surface area contributed by atoms with Crippen molar-refractivity contribution in [3.63, 3.8) is 0 Å². The molecule has 0 bridgehead atoms. The summed E-state index contributed by atoms with van der Waals surface area (Å²) in [6.45, 7) is 1.94. The van der Waals surface area contributed by atoms with E-state index in [1.54, 1.807) is 0 Å². The summed E-state index contributed by atoms with van der Waals surface area (Å²) in [5.41, 5.74) is 6.44. The Bertz CT molecular complexity index is 616. The SMILES string of the molecule is Cc1cc(Br)c(C(=O)c2cc(N)c(Cl)c(Cl)c2)s1. The molecule has 2 nitrogen and oxygen atoms in total. The topological polar surface area (TPSA) is 43.1 Å². The third-order valence-corrected chi connectivity index (χ3v) is 5.09. The predicted octanol–water partition coefficient (Wildman–Crippen LogP) is 4.94. The van der Waals surface area contributed by atoms with Gasteiger partial charge in [0.2, 0.25) is 5.78 Å². The molecule has 0 aliphatic carbocycles. The number of halogens is 3. The van der Waals surface area contributed by atoms with Crippen LogP contribution in [0, 0.1) is 6.92 Å². The van der Waals surface area contributed by atoms with Gasteiger partial charge >= 0.3 is 0 Å². The number of nitrogen functional groups attached to an aromatic ring is 1. The summed E-state index contributed by atoms with van der Waals surface area (Å²) in [6, 6.07) is 4.97. The number of nitrogens with two attached hydrogens (primary N) is 1. The van der Waals surface area contributed by atoms with Crippen molar-refractivity contribution in [2.75, 3.05) is 5.73 Å². The van der Waals surface area contributed by atoms with Crippen LogP contribution in [0.25, 0.3) is 0 Å². The summed E-state index contributed by atoms with van der Waals surface area (Å²) in [5.74, 6) is -0.120. The van der Waals surface area contributed by atoms with E-state index in [9.17, 15) is 4.79 Å². The number of thiophene rings is 1. The molecule has 2 N–H and O–H groups in total.